The Morgan fingerprint density at radius 1 is 1.56 bits per heavy atom. The van der Waals surface area contributed by atoms with E-state index in [1.807, 2.05) is 13.8 Å². The van der Waals surface area contributed by atoms with E-state index in [4.69, 9.17) is 4.84 Å². The third-order valence-corrected chi connectivity index (χ3v) is 3.14. The molecule has 1 aromatic rings. The molecule has 1 rings (SSSR count). The van der Waals surface area contributed by atoms with Crippen molar-refractivity contribution in [1.82, 2.24) is 9.97 Å². The van der Waals surface area contributed by atoms with E-state index in [0.717, 1.165) is 0 Å². The number of hydrogen-bond donors (Lipinski definition) is 0. The second kappa shape index (κ2) is 6.44. The Hall–Kier alpha value is -1.14. The summed E-state index contributed by atoms with van der Waals surface area (Å²) in [6.45, 7) is 5.98. The molecule has 0 fully saturated rings. The molecular formula is C10H15N3O2S. The van der Waals surface area contributed by atoms with E-state index in [1.165, 1.54) is 6.21 Å². The van der Waals surface area contributed by atoms with E-state index in [1.54, 1.807) is 13.1 Å². The first kappa shape index (κ1) is 12.9. The van der Waals surface area contributed by atoms with Gasteiger partial charge in [0, 0.05) is 11.2 Å². The fourth-order valence-electron chi connectivity index (χ4n) is 1.03. The van der Waals surface area contributed by atoms with Gasteiger partial charge in [0.1, 0.15) is 23.7 Å². The first-order valence-corrected chi connectivity index (χ1v) is 6.38. The molecule has 1 unspecified atom stereocenters. The molecule has 1 aromatic heterocycles. The SMILES string of the molecule is CCO/N=C/c1cnc(C)c([S+]([O-])CC)n1. The Morgan fingerprint density at radius 3 is 2.94 bits per heavy atom. The summed E-state index contributed by atoms with van der Waals surface area (Å²) in [5, 5.41) is 4.21. The van der Waals surface area contributed by atoms with Crippen molar-refractivity contribution in [3.8, 4) is 0 Å². The van der Waals surface area contributed by atoms with Crippen LogP contribution in [0.5, 0.6) is 0 Å². The van der Waals surface area contributed by atoms with Gasteiger partial charge in [-0.15, -0.1) is 0 Å². The van der Waals surface area contributed by atoms with Crippen LogP contribution < -0.4 is 0 Å². The molecule has 0 aromatic carbocycles. The van der Waals surface area contributed by atoms with Gasteiger partial charge in [0.25, 0.3) is 5.03 Å². The van der Waals surface area contributed by atoms with Gasteiger partial charge >= 0.3 is 0 Å². The van der Waals surface area contributed by atoms with Gasteiger partial charge in [-0.3, -0.25) is 4.98 Å². The molecule has 16 heavy (non-hydrogen) atoms. The average Bonchev–Trinajstić information content (AvgIpc) is 2.30. The Balaban J connectivity index is 2.89. The minimum absolute atomic E-state index is 0.504. The zero-order valence-corrected chi connectivity index (χ0v) is 10.5. The number of aromatic nitrogens is 2. The van der Waals surface area contributed by atoms with Crippen LogP contribution in [0, 0.1) is 6.92 Å². The summed E-state index contributed by atoms with van der Waals surface area (Å²) < 4.78 is 11.6. The van der Waals surface area contributed by atoms with Crippen LogP contribution in [0.1, 0.15) is 25.2 Å². The van der Waals surface area contributed by atoms with Crippen LogP contribution in [0.2, 0.25) is 0 Å². The van der Waals surface area contributed by atoms with Crippen LogP contribution in [0.25, 0.3) is 0 Å². The van der Waals surface area contributed by atoms with Crippen molar-refractivity contribution in [2.24, 2.45) is 5.16 Å². The summed E-state index contributed by atoms with van der Waals surface area (Å²) in [5.41, 5.74) is 1.24. The molecule has 0 aliphatic heterocycles. The van der Waals surface area contributed by atoms with Crippen molar-refractivity contribution >= 4 is 17.4 Å². The van der Waals surface area contributed by atoms with Gasteiger partial charge in [-0.2, -0.15) is 4.98 Å². The van der Waals surface area contributed by atoms with Gasteiger partial charge in [0.2, 0.25) is 0 Å². The monoisotopic (exact) mass is 241 g/mol. The molecule has 0 radical (unpaired) electrons. The van der Waals surface area contributed by atoms with Crippen molar-refractivity contribution in [3.63, 3.8) is 0 Å². The second-order valence-electron chi connectivity index (χ2n) is 2.97. The maximum absolute atomic E-state index is 11.6. The Morgan fingerprint density at radius 2 is 2.31 bits per heavy atom. The quantitative estimate of drug-likeness (QED) is 0.442. The zero-order valence-electron chi connectivity index (χ0n) is 9.64. The lowest BCUT2D eigenvalue weighted by Crippen LogP contribution is -2.11. The Labute approximate surface area is 98.1 Å². The molecule has 88 valence electrons. The third-order valence-electron chi connectivity index (χ3n) is 1.80. The van der Waals surface area contributed by atoms with Gasteiger partial charge in [-0.1, -0.05) is 5.16 Å². The number of oxime groups is 1. The van der Waals surface area contributed by atoms with Gasteiger partial charge in [0.05, 0.1) is 12.4 Å². The van der Waals surface area contributed by atoms with Crippen LogP contribution in [0.4, 0.5) is 0 Å². The van der Waals surface area contributed by atoms with Crippen LogP contribution in [0.15, 0.2) is 16.4 Å². The topological polar surface area (TPSA) is 70.4 Å². The van der Waals surface area contributed by atoms with Crippen LogP contribution in [0.3, 0.4) is 0 Å². The molecule has 6 heteroatoms. The van der Waals surface area contributed by atoms with Crippen molar-refractivity contribution in [2.45, 2.75) is 25.8 Å². The molecule has 0 bridgehead atoms. The number of rotatable bonds is 5. The van der Waals surface area contributed by atoms with Gasteiger partial charge in [0.15, 0.2) is 0 Å². The van der Waals surface area contributed by atoms with E-state index in [2.05, 4.69) is 15.1 Å². The molecule has 1 heterocycles. The summed E-state index contributed by atoms with van der Waals surface area (Å²) in [4.78, 5) is 13.2. The van der Waals surface area contributed by atoms with Gasteiger partial charge < -0.3 is 9.39 Å². The number of aryl methyl sites for hydroxylation is 1. The average molecular weight is 241 g/mol. The predicted molar refractivity (Wildman–Crippen MR) is 62.9 cm³/mol. The first-order valence-electron chi connectivity index (χ1n) is 5.06. The fourth-order valence-corrected chi connectivity index (χ4v) is 1.89. The lowest BCUT2D eigenvalue weighted by molar-refractivity contribution is 0.160. The van der Waals surface area contributed by atoms with Crippen molar-refractivity contribution < 1.29 is 9.39 Å². The highest BCUT2D eigenvalue weighted by Gasteiger charge is 2.15. The van der Waals surface area contributed by atoms with E-state index in [0.29, 0.717) is 28.8 Å². The second-order valence-corrected chi connectivity index (χ2v) is 4.63. The molecule has 0 aliphatic rings. The highest BCUT2D eigenvalue weighted by atomic mass is 32.2. The highest BCUT2D eigenvalue weighted by Crippen LogP contribution is 2.11. The van der Waals surface area contributed by atoms with Crippen LogP contribution in [-0.4, -0.2) is 33.1 Å². The summed E-state index contributed by atoms with van der Waals surface area (Å²) in [6, 6.07) is 0. The smallest absolute Gasteiger partial charge is 0.266 e. The normalized spacial score (nSPS) is 13.0. The minimum atomic E-state index is -1.10. The van der Waals surface area contributed by atoms with E-state index in [9.17, 15) is 4.55 Å². The fraction of sp³-hybridized carbons (Fsp3) is 0.500. The minimum Gasteiger partial charge on any atom is -0.610 e. The lowest BCUT2D eigenvalue weighted by Gasteiger charge is -2.08. The van der Waals surface area contributed by atoms with Crippen molar-refractivity contribution in [1.29, 1.82) is 0 Å². The van der Waals surface area contributed by atoms with Crippen molar-refractivity contribution in [3.05, 3.63) is 17.6 Å². The largest absolute Gasteiger partial charge is 0.610 e. The maximum Gasteiger partial charge on any atom is 0.266 e. The summed E-state index contributed by atoms with van der Waals surface area (Å²) >= 11 is -1.10. The molecule has 0 spiro atoms. The van der Waals surface area contributed by atoms with Crippen LogP contribution >= 0.6 is 0 Å². The molecule has 0 saturated carbocycles. The predicted octanol–water partition coefficient (Wildman–Crippen LogP) is 1.28. The summed E-state index contributed by atoms with van der Waals surface area (Å²) in [6.07, 6.45) is 3.04. The van der Waals surface area contributed by atoms with Gasteiger partial charge in [-0.05, 0) is 20.8 Å². The third kappa shape index (κ3) is 3.46. The summed E-state index contributed by atoms with van der Waals surface area (Å²) in [5.74, 6) is 0.529. The van der Waals surface area contributed by atoms with Crippen molar-refractivity contribution in [2.75, 3.05) is 12.4 Å². The molecule has 0 saturated heterocycles. The molecular weight excluding hydrogens is 226 g/mol. The summed E-state index contributed by atoms with van der Waals surface area (Å²) in [7, 11) is 0. The van der Waals surface area contributed by atoms with Crippen LogP contribution in [-0.2, 0) is 16.0 Å². The van der Waals surface area contributed by atoms with E-state index >= 15 is 0 Å². The highest BCUT2D eigenvalue weighted by molar-refractivity contribution is 7.91. The Kier molecular flexibility index (Phi) is 5.21. The van der Waals surface area contributed by atoms with E-state index in [-0.39, 0.29) is 0 Å². The molecule has 0 N–H and O–H groups in total. The Bertz CT molecular complexity index is 371. The first-order chi connectivity index (χ1) is 7.69. The lowest BCUT2D eigenvalue weighted by atomic mass is 10.4. The molecule has 0 aliphatic carbocycles. The van der Waals surface area contributed by atoms with E-state index < -0.39 is 11.2 Å². The molecule has 5 nitrogen and oxygen atoms in total. The van der Waals surface area contributed by atoms with Gasteiger partial charge in [-0.25, -0.2) is 0 Å². The zero-order chi connectivity index (χ0) is 12.0. The molecule has 1 atom stereocenters. The number of nitrogens with zero attached hydrogens (tertiary/aromatic N) is 3. The molecule has 0 amide bonds. The maximum atomic E-state index is 11.6. The standard InChI is InChI=1S/C10H15N3O2S/c1-4-15-12-7-9-6-11-8(3)10(13-9)16(14)5-2/h6-7H,4-5H2,1-3H3/b12-7+. The number of hydrogen-bond acceptors (Lipinski definition) is 5.